The molecule has 0 aliphatic carbocycles. The molecule has 0 atom stereocenters. The zero-order valence-corrected chi connectivity index (χ0v) is 16.8. The van der Waals surface area contributed by atoms with Crippen LogP contribution >= 0.6 is 11.6 Å². The van der Waals surface area contributed by atoms with Crippen LogP contribution in [0.4, 0.5) is 11.6 Å². The largest absolute Gasteiger partial charge is 0.366 e. The van der Waals surface area contributed by atoms with Crippen molar-refractivity contribution in [1.82, 2.24) is 9.97 Å². The molecule has 0 aliphatic rings. The molecule has 2 aromatic heterocycles. The van der Waals surface area contributed by atoms with Crippen LogP contribution in [0.2, 0.25) is 5.02 Å². The molecule has 2 N–H and O–H groups in total. The van der Waals surface area contributed by atoms with Crippen molar-refractivity contribution in [2.45, 2.75) is 20.4 Å². The number of benzene rings is 1. The number of nitrogens with one attached hydrogen (secondary N) is 2. The Bertz CT molecular complexity index is 1100. The van der Waals surface area contributed by atoms with E-state index in [0.29, 0.717) is 40.2 Å². The Morgan fingerprint density at radius 3 is 2.79 bits per heavy atom. The van der Waals surface area contributed by atoms with Crippen LogP contribution in [0, 0.1) is 17.2 Å². The van der Waals surface area contributed by atoms with Gasteiger partial charge in [0, 0.05) is 41.6 Å². The Morgan fingerprint density at radius 1 is 1.29 bits per heavy atom. The van der Waals surface area contributed by atoms with Crippen molar-refractivity contribution in [2.75, 3.05) is 23.8 Å². The molecule has 0 saturated carbocycles. The first-order valence-electron chi connectivity index (χ1n) is 9.05. The Morgan fingerprint density at radius 2 is 2.07 bits per heavy atom. The van der Waals surface area contributed by atoms with E-state index in [1.54, 1.807) is 24.3 Å². The lowest BCUT2D eigenvalue weighted by Gasteiger charge is -2.22. The van der Waals surface area contributed by atoms with Gasteiger partial charge in [0.2, 0.25) is 0 Å². The quantitative estimate of drug-likeness (QED) is 0.654. The molecule has 28 heavy (non-hydrogen) atoms. The summed E-state index contributed by atoms with van der Waals surface area (Å²) >= 11 is 6.05. The lowest BCUT2D eigenvalue weighted by molar-refractivity contribution is 0.634. The van der Waals surface area contributed by atoms with Crippen LogP contribution in [0.5, 0.6) is 0 Å². The molecule has 0 aliphatic heterocycles. The Hall–Kier alpha value is -3.04. The number of halogens is 1. The maximum absolute atomic E-state index is 12.3. The van der Waals surface area contributed by atoms with E-state index in [1.165, 1.54) is 0 Å². The second-order valence-corrected chi connectivity index (χ2v) is 7.60. The third-order valence-electron chi connectivity index (χ3n) is 4.34. The van der Waals surface area contributed by atoms with Gasteiger partial charge in [-0.3, -0.25) is 4.79 Å². The fraction of sp³-hybridized carbons (Fsp3) is 0.286. The van der Waals surface area contributed by atoms with E-state index in [4.69, 9.17) is 11.6 Å². The molecule has 7 heteroatoms. The summed E-state index contributed by atoms with van der Waals surface area (Å²) < 4.78 is 0. The molecule has 0 radical (unpaired) electrons. The third kappa shape index (κ3) is 4.44. The maximum Gasteiger partial charge on any atom is 0.253 e. The maximum atomic E-state index is 12.3. The van der Waals surface area contributed by atoms with Crippen LogP contribution < -0.4 is 15.8 Å². The van der Waals surface area contributed by atoms with Gasteiger partial charge in [0.05, 0.1) is 5.56 Å². The summed E-state index contributed by atoms with van der Waals surface area (Å²) in [6.45, 7) is 5.33. The number of aromatic amines is 1. The van der Waals surface area contributed by atoms with Gasteiger partial charge in [-0.25, -0.2) is 4.98 Å². The Labute approximate surface area is 168 Å². The SMILES string of the molecule is CC(C)CN(C)c1nc(NCc2cc3cc(Cl)ccc3[nH]c2=O)ccc1C#N. The van der Waals surface area contributed by atoms with Crippen LogP contribution in [-0.2, 0) is 6.54 Å². The lowest BCUT2D eigenvalue weighted by Crippen LogP contribution is -2.24. The highest BCUT2D eigenvalue weighted by molar-refractivity contribution is 6.31. The number of nitriles is 1. The summed E-state index contributed by atoms with van der Waals surface area (Å²) in [5.41, 5.74) is 1.69. The summed E-state index contributed by atoms with van der Waals surface area (Å²) in [5, 5.41) is 14.0. The van der Waals surface area contributed by atoms with Crippen LogP contribution in [0.1, 0.15) is 25.0 Å². The summed E-state index contributed by atoms with van der Waals surface area (Å²) in [4.78, 5) is 21.7. The summed E-state index contributed by atoms with van der Waals surface area (Å²) in [7, 11) is 1.92. The van der Waals surface area contributed by atoms with Gasteiger partial charge in [-0.2, -0.15) is 5.26 Å². The van der Waals surface area contributed by atoms with Crippen LogP contribution in [-0.4, -0.2) is 23.6 Å². The van der Waals surface area contributed by atoms with Crippen molar-refractivity contribution in [3.63, 3.8) is 0 Å². The smallest absolute Gasteiger partial charge is 0.253 e. The van der Waals surface area contributed by atoms with Gasteiger partial charge in [0.25, 0.3) is 5.56 Å². The van der Waals surface area contributed by atoms with Gasteiger partial charge >= 0.3 is 0 Å². The van der Waals surface area contributed by atoms with Crippen molar-refractivity contribution < 1.29 is 0 Å². The third-order valence-corrected chi connectivity index (χ3v) is 4.57. The van der Waals surface area contributed by atoms with Crippen LogP contribution in [0.25, 0.3) is 10.9 Å². The van der Waals surface area contributed by atoms with Gasteiger partial charge in [0.1, 0.15) is 17.7 Å². The number of H-pyrrole nitrogens is 1. The summed E-state index contributed by atoms with van der Waals surface area (Å²) in [5.74, 6) is 1.67. The minimum absolute atomic E-state index is 0.159. The molecule has 3 rings (SSSR count). The molecule has 0 amide bonds. The van der Waals surface area contributed by atoms with E-state index >= 15 is 0 Å². The van der Waals surface area contributed by atoms with Gasteiger partial charge in [0.15, 0.2) is 0 Å². The number of rotatable bonds is 6. The predicted octanol–water partition coefficient (Wildman–Crippen LogP) is 4.15. The molecule has 1 aromatic carbocycles. The first kappa shape index (κ1) is 19.7. The molecule has 0 saturated heterocycles. The highest BCUT2D eigenvalue weighted by atomic mass is 35.5. The van der Waals surface area contributed by atoms with Crippen LogP contribution in [0.15, 0.2) is 41.2 Å². The monoisotopic (exact) mass is 395 g/mol. The number of aromatic nitrogens is 2. The summed E-state index contributed by atoms with van der Waals surface area (Å²) in [6, 6.07) is 12.8. The van der Waals surface area contributed by atoms with Crippen LogP contribution in [0.3, 0.4) is 0 Å². The molecule has 6 nitrogen and oxygen atoms in total. The number of anilines is 2. The second-order valence-electron chi connectivity index (χ2n) is 7.16. The normalized spacial score (nSPS) is 10.9. The van der Waals surface area contributed by atoms with Gasteiger partial charge < -0.3 is 15.2 Å². The number of nitrogens with zero attached hydrogens (tertiary/aromatic N) is 3. The minimum atomic E-state index is -0.159. The zero-order chi connectivity index (χ0) is 20.3. The van der Waals surface area contributed by atoms with E-state index < -0.39 is 0 Å². The molecule has 0 bridgehead atoms. The first-order valence-corrected chi connectivity index (χ1v) is 9.43. The van der Waals surface area contributed by atoms with Gasteiger partial charge in [-0.15, -0.1) is 0 Å². The van der Waals surface area contributed by atoms with E-state index in [1.807, 2.05) is 24.1 Å². The lowest BCUT2D eigenvalue weighted by atomic mass is 10.1. The molecule has 0 unspecified atom stereocenters. The van der Waals surface area contributed by atoms with Crippen molar-refractivity contribution in [3.05, 3.63) is 62.9 Å². The van der Waals surface area contributed by atoms with Gasteiger partial charge in [-0.1, -0.05) is 25.4 Å². The molecule has 3 aromatic rings. The Kier molecular flexibility index (Phi) is 5.86. The number of pyridine rings is 2. The topological polar surface area (TPSA) is 84.8 Å². The highest BCUT2D eigenvalue weighted by Crippen LogP contribution is 2.21. The average molecular weight is 396 g/mol. The predicted molar refractivity (Wildman–Crippen MR) is 114 cm³/mol. The molecular formula is C21H22ClN5O. The van der Waals surface area contributed by atoms with E-state index in [2.05, 4.69) is 35.2 Å². The average Bonchev–Trinajstić information content (AvgIpc) is 2.66. The van der Waals surface area contributed by atoms with E-state index in [9.17, 15) is 10.1 Å². The number of hydrogen-bond donors (Lipinski definition) is 2. The second kappa shape index (κ2) is 8.32. The fourth-order valence-corrected chi connectivity index (χ4v) is 3.28. The fourth-order valence-electron chi connectivity index (χ4n) is 3.10. The standard InChI is InChI=1S/C21H22ClN5O/c1-13(2)12-27(3)20-14(10-23)4-7-19(26-20)24-11-16-8-15-9-17(22)5-6-18(15)25-21(16)28/h4-9,13H,11-12H2,1-3H3,(H,24,26)(H,25,28). The van der Waals surface area contributed by atoms with Crippen molar-refractivity contribution in [3.8, 4) is 6.07 Å². The minimum Gasteiger partial charge on any atom is -0.366 e. The van der Waals surface area contributed by atoms with E-state index in [-0.39, 0.29) is 5.56 Å². The zero-order valence-electron chi connectivity index (χ0n) is 16.1. The van der Waals surface area contributed by atoms with Gasteiger partial charge in [-0.05, 0) is 42.3 Å². The molecular weight excluding hydrogens is 374 g/mol. The molecule has 0 fully saturated rings. The molecule has 144 valence electrons. The highest BCUT2D eigenvalue weighted by Gasteiger charge is 2.12. The van der Waals surface area contributed by atoms with Crippen molar-refractivity contribution >= 4 is 34.1 Å². The number of hydrogen-bond acceptors (Lipinski definition) is 5. The Balaban J connectivity index is 1.85. The molecule has 2 heterocycles. The van der Waals surface area contributed by atoms with E-state index in [0.717, 1.165) is 17.4 Å². The van der Waals surface area contributed by atoms with Crippen molar-refractivity contribution in [1.29, 1.82) is 5.26 Å². The number of fused-ring (bicyclic) bond motifs is 1. The van der Waals surface area contributed by atoms with Crippen molar-refractivity contribution in [2.24, 2.45) is 5.92 Å². The first-order chi connectivity index (χ1) is 13.4. The summed E-state index contributed by atoms with van der Waals surface area (Å²) in [6.07, 6.45) is 0. The molecule has 0 spiro atoms.